The molecule has 3 heterocycles. The average molecular weight is 364 g/mol. The standard InChI is InChI=1S/C18H28N4O4/c1-12(2)15-19-16(26-20-15)13-7-10-21(11-8-13)17(23)14-6-4-5-9-22(14)18(24)25-3/h12-14H,4-11H2,1-3H3/t14-/m1/s1. The Morgan fingerprint density at radius 3 is 2.50 bits per heavy atom. The van der Waals surface area contributed by atoms with E-state index < -0.39 is 12.1 Å². The molecule has 0 saturated carbocycles. The van der Waals surface area contributed by atoms with Crippen LogP contribution in [0.5, 0.6) is 0 Å². The van der Waals surface area contributed by atoms with Gasteiger partial charge in [0.2, 0.25) is 11.8 Å². The van der Waals surface area contributed by atoms with Gasteiger partial charge < -0.3 is 14.2 Å². The molecule has 8 nitrogen and oxygen atoms in total. The zero-order valence-electron chi connectivity index (χ0n) is 15.8. The minimum absolute atomic E-state index is 0.0296. The number of methoxy groups -OCH3 is 1. The van der Waals surface area contributed by atoms with E-state index in [4.69, 9.17) is 9.26 Å². The van der Waals surface area contributed by atoms with E-state index in [0.29, 0.717) is 31.9 Å². The number of carbonyl (C=O) groups excluding carboxylic acids is 2. The molecule has 2 saturated heterocycles. The smallest absolute Gasteiger partial charge is 0.410 e. The fourth-order valence-corrected chi connectivity index (χ4v) is 3.73. The average Bonchev–Trinajstić information content (AvgIpc) is 3.17. The first-order valence-corrected chi connectivity index (χ1v) is 9.48. The molecule has 2 aliphatic heterocycles. The maximum Gasteiger partial charge on any atom is 0.410 e. The summed E-state index contributed by atoms with van der Waals surface area (Å²) in [5.41, 5.74) is 0. The number of nitrogens with zero attached hydrogens (tertiary/aromatic N) is 4. The fourth-order valence-electron chi connectivity index (χ4n) is 3.73. The molecular formula is C18H28N4O4. The van der Waals surface area contributed by atoms with Crippen molar-refractivity contribution in [2.75, 3.05) is 26.7 Å². The number of likely N-dealkylation sites (tertiary alicyclic amines) is 2. The van der Waals surface area contributed by atoms with Crippen molar-refractivity contribution in [2.24, 2.45) is 0 Å². The van der Waals surface area contributed by atoms with Crippen molar-refractivity contribution in [3.63, 3.8) is 0 Å². The Hall–Kier alpha value is -2.12. The predicted molar refractivity (Wildman–Crippen MR) is 93.7 cm³/mol. The number of aromatic nitrogens is 2. The molecule has 3 rings (SSSR count). The van der Waals surface area contributed by atoms with Crippen molar-refractivity contribution in [1.82, 2.24) is 19.9 Å². The second-order valence-electron chi connectivity index (χ2n) is 7.42. The maximum atomic E-state index is 12.9. The third-order valence-electron chi connectivity index (χ3n) is 5.33. The fraction of sp³-hybridized carbons (Fsp3) is 0.778. The lowest BCUT2D eigenvalue weighted by Gasteiger charge is -2.38. The molecule has 2 aliphatic rings. The van der Waals surface area contributed by atoms with E-state index in [9.17, 15) is 9.59 Å². The van der Waals surface area contributed by atoms with Gasteiger partial charge in [-0.2, -0.15) is 4.98 Å². The normalized spacial score (nSPS) is 21.9. The molecule has 0 spiro atoms. The van der Waals surface area contributed by atoms with Gasteiger partial charge in [-0.05, 0) is 32.1 Å². The SMILES string of the molecule is COC(=O)N1CCCC[C@@H]1C(=O)N1CCC(c2nc(C(C)C)no2)CC1. The zero-order valence-corrected chi connectivity index (χ0v) is 15.8. The lowest BCUT2D eigenvalue weighted by atomic mass is 9.95. The van der Waals surface area contributed by atoms with Gasteiger partial charge in [-0.3, -0.25) is 9.69 Å². The topological polar surface area (TPSA) is 88.8 Å². The van der Waals surface area contributed by atoms with E-state index in [2.05, 4.69) is 10.1 Å². The first kappa shape index (κ1) is 18.7. The molecule has 2 amide bonds. The molecule has 0 radical (unpaired) electrons. The lowest BCUT2D eigenvalue weighted by molar-refractivity contribution is -0.138. The third-order valence-corrected chi connectivity index (χ3v) is 5.33. The number of piperidine rings is 2. The molecule has 26 heavy (non-hydrogen) atoms. The highest BCUT2D eigenvalue weighted by Crippen LogP contribution is 2.29. The summed E-state index contributed by atoms with van der Waals surface area (Å²) in [4.78, 5) is 32.8. The number of ether oxygens (including phenoxy) is 1. The number of hydrogen-bond acceptors (Lipinski definition) is 6. The highest BCUT2D eigenvalue weighted by molar-refractivity contribution is 5.86. The van der Waals surface area contributed by atoms with Gasteiger partial charge in [-0.15, -0.1) is 0 Å². The van der Waals surface area contributed by atoms with Gasteiger partial charge in [0.25, 0.3) is 0 Å². The van der Waals surface area contributed by atoms with Gasteiger partial charge in [0.05, 0.1) is 7.11 Å². The van der Waals surface area contributed by atoms with Gasteiger partial charge in [0.15, 0.2) is 5.82 Å². The summed E-state index contributed by atoms with van der Waals surface area (Å²) in [5.74, 6) is 1.87. The number of rotatable bonds is 3. The molecule has 8 heteroatoms. The molecule has 0 aromatic carbocycles. The molecular weight excluding hydrogens is 336 g/mol. The van der Waals surface area contributed by atoms with Gasteiger partial charge in [0, 0.05) is 31.5 Å². The lowest BCUT2D eigenvalue weighted by Crippen LogP contribution is -2.54. The first-order chi connectivity index (χ1) is 12.5. The van der Waals surface area contributed by atoms with Crippen molar-refractivity contribution >= 4 is 12.0 Å². The van der Waals surface area contributed by atoms with E-state index in [1.807, 2.05) is 18.7 Å². The molecule has 1 aromatic rings. The van der Waals surface area contributed by atoms with Crippen LogP contribution in [0.15, 0.2) is 4.52 Å². The van der Waals surface area contributed by atoms with Gasteiger partial charge in [-0.1, -0.05) is 19.0 Å². The Balaban J connectivity index is 1.59. The molecule has 0 aliphatic carbocycles. The van der Waals surface area contributed by atoms with Crippen molar-refractivity contribution in [2.45, 2.75) is 63.8 Å². The Morgan fingerprint density at radius 1 is 1.15 bits per heavy atom. The third kappa shape index (κ3) is 3.83. The summed E-state index contributed by atoms with van der Waals surface area (Å²) in [6.45, 7) is 5.95. The van der Waals surface area contributed by atoms with E-state index in [-0.39, 0.29) is 17.7 Å². The van der Waals surface area contributed by atoms with Crippen LogP contribution in [-0.2, 0) is 9.53 Å². The van der Waals surface area contributed by atoms with Crippen LogP contribution in [0.1, 0.15) is 69.5 Å². The highest BCUT2D eigenvalue weighted by Gasteiger charge is 2.37. The van der Waals surface area contributed by atoms with Crippen LogP contribution in [-0.4, -0.2) is 64.7 Å². The highest BCUT2D eigenvalue weighted by atomic mass is 16.5. The number of carbonyl (C=O) groups is 2. The summed E-state index contributed by atoms with van der Waals surface area (Å²) >= 11 is 0. The molecule has 0 N–H and O–H groups in total. The Labute approximate surface area is 153 Å². The van der Waals surface area contributed by atoms with Crippen molar-refractivity contribution in [1.29, 1.82) is 0 Å². The van der Waals surface area contributed by atoms with Crippen molar-refractivity contribution in [3.8, 4) is 0 Å². The summed E-state index contributed by atoms with van der Waals surface area (Å²) in [7, 11) is 1.36. The molecule has 2 fully saturated rings. The molecule has 0 unspecified atom stereocenters. The zero-order chi connectivity index (χ0) is 18.7. The largest absolute Gasteiger partial charge is 0.453 e. The van der Waals surface area contributed by atoms with Crippen LogP contribution < -0.4 is 0 Å². The van der Waals surface area contributed by atoms with E-state index >= 15 is 0 Å². The van der Waals surface area contributed by atoms with Gasteiger partial charge in [0.1, 0.15) is 6.04 Å². The summed E-state index contributed by atoms with van der Waals surface area (Å²) in [6, 6.07) is -0.399. The summed E-state index contributed by atoms with van der Waals surface area (Å²) in [6.07, 6.45) is 3.77. The monoisotopic (exact) mass is 364 g/mol. The minimum Gasteiger partial charge on any atom is -0.453 e. The Kier molecular flexibility index (Phi) is 5.78. The van der Waals surface area contributed by atoms with E-state index in [1.54, 1.807) is 4.90 Å². The van der Waals surface area contributed by atoms with Crippen molar-refractivity contribution in [3.05, 3.63) is 11.7 Å². The van der Waals surface area contributed by atoms with Crippen LogP contribution in [0.25, 0.3) is 0 Å². The quantitative estimate of drug-likeness (QED) is 0.819. The van der Waals surface area contributed by atoms with Gasteiger partial charge in [-0.25, -0.2) is 4.79 Å². The first-order valence-electron chi connectivity index (χ1n) is 9.48. The second kappa shape index (κ2) is 8.05. The Bertz CT molecular complexity index is 637. The molecule has 144 valence electrons. The van der Waals surface area contributed by atoms with Gasteiger partial charge >= 0.3 is 6.09 Å². The van der Waals surface area contributed by atoms with Crippen LogP contribution >= 0.6 is 0 Å². The maximum absolute atomic E-state index is 12.9. The van der Waals surface area contributed by atoms with Crippen LogP contribution in [0.3, 0.4) is 0 Å². The predicted octanol–water partition coefficient (Wildman–Crippen LogP) is 2.52. The van der Waals surface area contributed by atoms with E-state index in [1.165, 1.54) is 7.11 Å². The van der Waals surface area contributed by atoms with Crippen molar-refractivity contribution < 1.29 is 18.8 Å². The summed E-state index contributed by atoms with van der Waals surface area (Å²) in [5, 5.41) is 4.03. The molecule has 1 atom stereocenters. The van der Waals surface area contributed by atoms with Crippen LogP contribution in [0, 0.1) is 0 Å². The molecule has 1 aromatic heterocycles. The van der Waals surface area contributed by atoms with E-state index in [0.717, 1.165) is 31.5 Å². The molecule has 0 bridgehead atoms. The van der Waals surface area contributed by atoms with Crippen LogP contribution in [0.2, 0.25) is 0 Å². The number of amides is 2. The second-order valence-corrected chi connectivity index (χ2v) is 7.42. The Morgan fingerprint density at radius 2 is 1.88 bits per heavy atom. The number of hydrogen-bond donors (Lipinski definition) is 0. The van der Waals surface area contributed by atoms with Crippen LogP contribution in [0.4, 0.5) is 4.79 Å². The minimum atomic E-state index is -0.412. The summed E-state index contributed by atoms with van der Waals surface area (Å²) < 4.78 is 10.2.